The third kappa shape index (κ3) is 5.83. The molecule has 1 aliphatic rings. The molecule has 1 atom stereocenters. The fraction of sp³-hybridized carbons (Fsp3) is 1.00. The Balaban J connectivity index is 1.90. The number of ether oxygens (including phenoxy) is 1. The van der Waals surface area contributed by atoms with Gasteiger partial charge in [-0.1, -0.05) is 19.8 Å². The van der Waals surface area contributed by atoms with Gasteiger partial charge in [0.15, 0.2) is 0 Å². The van der Waals surface area contributed by atoms with Gasteiger partial charge in [-0.3, -0.25) is 4.90 Å². The molecular formula is C13H28N2O. The van der Waals surface area contributed by atoms with Crippen molar-refractivity contribution in [2.45, 2.75) is 45.6 Å². The van der Waals surface area contributed by atoms with Crippen LogP contribution in [0.15, 0.2) is 0 Å². The normalized spacial score (nSPS) is 22.5. The van der Waals surface area contributed by atoms with Gasteiger partial charge in [-0.2, -0.15) is 0 Å². The van der Waals surface area contributed by atoms with Gasteiger partial charge in [-0.15, -0.1) is 0 Å². The van der Waals surface area contributed by atoms with Crippen molar-refractivity contribution in [3.63, 3.8) is 0 Å². The Morgan fingerprint density at radius 3 is 2.81 bits per heavy atom. The largest absolute Gasteiger partial charge is 0.379 e. The third-order valence-electron chi connectivity index (χ3n) is 3.30. The maximum Gasteiger partial charge on any atom is 0.0619 e. The van der Waals surface area contributed by atoms with Gasteiger partial charge in [-0.05, 0) is 39.4 Å². The molecule has 1 aliphatic heterocycles. The Bertz CT molecular complexity index is 164. The van der Waals surface area contributed by atoms with E-state index in [9.17, 15) is 0 Å². The van der Waals surface area contributed by atoms with Crippen molar-refractivity contribution in [1.82, 2.24) is 10.2 Å². The van der Waals surface area contributed by atoms with Gasteiger partial charge in [0.05, 0.1) is 13.2 Å². The molecule has 0 bridgehead atoms. The summed E-state index contributed by atoms with van der Waals surface area (Å²) in [6.07, 6.45) is 5.41. The van der Waals surface area contributed by atoms with E-state index in [-0.39, 0.29) is 0 Å². The van der Waals surface area contributed by atoms with E-state index in [1.165, 1.54) is 38.8 Å². The first-order chi connectivity index (χ1) is 7.84. The summed E-state index contributed by atoms with van der Waals surface area (Å²) in [7, 11) is 0. The molecule has 16 heavy (non-hydrogen) atoms. The topological polar surface area (TPSA) is 24.5 Å². The molecule has 1 saturated heterocycles. The summed E-state index contributed by atoms with van der Waals surface area (Å²) in [6, 6.07) is 0.621. The molecule has 0 aromatic carbocycles. The third-order valence-corrected chi connectivity index (χ3v) is 3.30. The SMILES string of the molecule is CCNCCCCCCN1CCOCC1C. The first-order valence-electron chi connectivity index (χ1n) is 6.87. The van der Waals surface area contributed by atoms with Crippen LogP contribution < -0.4 is 5.32 Å². The zero-order valence-electron chi connectivity index (χ0n) is 11.0. The molecule has 3 nitrogen and oxygen atoms in total. The average Bonchev–Trinajstić information content (AvgIpc) is 2.30. The predicted molar refractivity (Wildman–Crippen MR) is 68.9 cm³/mol. The molecule has 96 valence electrons. The highest BCUT2D eigenvalue weighted by Crippen LogP contribution is 2.08. The predicted octanol–water partition coefficient (Wildman–Crippen LogP) is 1.88. The van der Waals surface area contributed by atoms with E-state index in [0.717, 1.165) is 26.3 Å². The van der Waals surface area contributed by atoms with Gasteiger partial charge in [-0.25, -0.2) is 0 Å². The quantitative estimate of drug-likeness (QED) is 0.642. The van der Waals surface area contributed by atoms with Gasteiger partial charge in [0.25, 0.3) is 0 Å². The molecule has 0 aliphatic carbocycles. The minimum atomic E-state index is 0.621. The Hall–Kier alpha value is -0.120. The maximum atomic E-state index is 5.43. The molecule has 3 heteroatoms. The first kappa shape index (κ1) is 13.9. The number of rotatable bonds is 8. The first-order valence-corrected chi connectivity index (χ1v) is 6.87. The second-order valence-electron chi connectivity index (χ2n) is 4.73. The zero-order valence-corrected chi connectivity index (χ0v) is 11.0. The van der Waals surface area contributed by atoms with Crippen LogP contribution in [0.4, 0.5) is 0 Å². The minimum absolute atomic E-state index is 0.621. The molecule has 0 amide bonds. The maximum absolute atomic E-state index is 5.43. The molecule has 1 fully saturated rings. The van der Waals surface area contributed by atoms with E-state index in [1.54, 1.807) is 0 Å². The molecule has 1 heterocycles. The van der Waals surface area contributed by atoms with Crippen LogP contribution in [0.3, 0.4) is 0 Å². The van der Waals surface area contributed by atoms with Gasteiger partial charge in [0.1, 0.15) is 0 Å². The monoisotopic (exact) mass is 228 g/mol. The number of morpholine rings is 1. The summed E-state index contributed by atoms with van der Waals surface area (Å²) < 4.78 is 5.43. The molecule has 1 unspecified atom stereocenters. The smallest absolute Gasteiger partial charge is 0.0619 e. The summed E-state index contributed by atoms with van der Waals surface area (Å²) in [4.78, 5) is 2.56. The molecule has 0 radical (unpaired) electrons. The second kappa shape index (κ2) is 8.97. The van der Waals surface area contributed by atoms with Crippen LogP contribution in [0.5, 0.6) is 0 Å². The zero-order chi connectivity index (χ0) is 11.6. The van der Waals surface area contributed by atoms with Crippen LogP contribution in [-0.2, 0) is 4.74 Å². The van der Waals surface area contributed by atoms with Crippen LogP contribution in [0, 0.1) is 0 Å². The fourth-order valence-electron chi connectivity index (χ4n) is 2.19. The highest BCUT2D eigenvalue weighted by Gasteiger charge is 2.17. The van der Waals surface area contributed by atoms with Gasteiger partial charge >= 0.3 is 0 Å². The summed E-state index contributed by atoms with van der Waals surface area (Å²) in [5, 5.41) is 3.37. The molecule has 0 spiro atoms. The molecule has 0 saturated carbocycles. The lowest BCUT2D eigenvalue weighted by Gasteiger charge is -2.33. The summed E-state index contributed by atoms with van der Waals surface area (Å²) >= 11 is 0. The minimum Gasteiger partial charge on any atom is -0.379 e. The van der Waals surface area contributed by atoms with Crippen molar-refractivity contribution in [2.75, 3.05) is 39.4 Å². The number of unbranched alkanes of at least 4 members (excludes halogenated alkanes) is 3. The Morgan fingerprint density at radius 2 is 2.06 bits per heavy atom. The molecule has 0 aromatic heterocycles. The number of nitrogens with one attached hydrogen (secondary N) is 1. The highest BCUT2D eigenvalue weighted by atomic mass is 16.5. The van der Waals surface area contributed by atoms with Gasteiger partial charge in [0, 0.05) is 12.6 Å². The fourth-order valence-corrected chi connectivity index (χ4v) is 2.19. The average molecular weight is 228 g/mol. The summed E-state index contributed by atoms with van der Waals surface area (Å²) in [5.41, 5.74) is 0. The lowest BCUT2D eigenvalue weighted by atomic mass is 10.1. The van der Waals surface area contributed by atoms with Crippen molar-refractivity contribution in [1.29, 1.82) is 0 Å². The van der Waals surface area contributed by atoms with Crippen LogP contribution in [0.1, 0.15) is 39.5 Å². The Morgan fingerprint density at radius 1 is 1.25 bits per heavy atom. The van der Waals surface area contributed by atoms with E-state index in [0.29, 0.717) is 6.04 Å². The lowest BCUT2D eigenvalue weighted by molar-refractivity contribution is -0.000914. The van der Waals surface area contributed by atoms with Crippen LogP contribution in [0.25, 0.3) is 0 Å². The van der Waals surface area contributed by atoms with E-state index in [1.807, 2.05) is 0 Å². The molecule has 1 rings (SSSR count). The Labute approximate surface area is 101 Å². The van der Waals surface area contributed by atoms with E-state index in [4.69, 9.17) is 4.74 Å². The number of hydrogen-bond acceptors (Lipinski definition) is 3. The van der Waals surface area contributed by atoms with E-state index in [2.05, 4.69) is 24.1 Å². The molecule has 0 aromatic rings. The van der Waals surface area contributed by atoms with Crippen molar-refractivity contribution in [3.8, 4) is 0 Å². The van der Waals surface area contributed by atoms with Crippen molar-refractivity contribution in [3.05, 3.63) is 0 Å². The summed E-state index contributed by atoms with van der Waals surface area (Å²) in [5.74, 6) is 0. The van der Waals surface area contributed by atoms with Crippen LogP contribution in [-0.4, -0.2) is 50.3 Å². The van der Waals surface area contributed by atoms with Crippen molar-refractivity contribution >= 4 is 0 Å². The van der Waals surface area contributed by atoms with Gasteiger partial charge in [0.2, 0.25) is 0 Å². The Kier molecular flexibility index (Phi) is 7.81. The lowest BCUT2D eigenvalue weighted by Crippen LogP contribution is -2.43. The van der Waals surface area contributed by atoms with E-state index >= 15 is 0 Å². The molecule has 1 N–H and O–H groups in total. The molecular weight excluding hydrogens is 200 g/mol. The van der Waals surface area contributed by atoms with E-state index < -0.39 is 0 Å². The standard InChI is InChI=1S/C13H28N2O/c1-3-14-8-6-4-5-7-9-15-10-11-16-12-13(15)2/h13-14H,3-12H2,1-2H3. The van der Waals surface area contributed by atoms with Crippen LogP contribution in [0.2, 0.25) is 0 Å². The summed E-state index contributed by atoms with van der Waals surface area (Å²) in [6.45, 7) is 10.9. The van der Waals surface area contributed by atoms with Crippen molar-refractivity contribution < 1.29 is 4.74 Å². The van der Waals surface area contributed by atoms with Crippen LogP contribution >= 0.6 is 0 Å². The van der Waals surface area contributed by atoms with Gasteiger partial charge < -0.3 is 10.1 Å². The van der Waals surface area contributed by atoms with Crippen molar-refractivity contribution in [2.24, 2.45) is 0 Å². The number of hydrogen-bond donors (Lipinski definition) is 1. The highest BCUT2D eigenvalue weighted by molar-refractivity contribution is 4.70. The second-order valence-corrected chi connectivity index (χ2v) is 4.73. The number of nitrogens with zero attached hydrogens (tertiary/aromatic N) is 1.